The van der Waals surface area contributed by atoms with Gasteiger partial charge in [-0.05, 0) is 41.5 Å². The third-order valence-electron chi connectivity index (χ3n) is 1.86. The summed E-state index contributed by atoms with van der Waals surface area (Å²) < 4.78 is 5.72. The first-order valence-corrected chi connectivity index (χ1v) is 5.69. The molecule has 1 saturated heterocycles. The highest BCUT2D eigenvalue weighted by molar-refractivity contribution is 5.75. The van der Waals surface area contributed by atoms with E-state index in [1.54, 1.807) is 5.06 Å². The average Bonchev–Trinajstić information content (AvgIpc) is 2.20. The van der Waals surface area contributed by atoms with E-state index in [2.05, 4.69) is 25.8 Å². The SMILES string of the molecule is CC(C)(C)N=C1OC(C)(C)ON1C(C)(C)C. The van der Waals surface area contributed by atoms with Gasteiger partial charge >= 0.3 is 6.02 Å². The Morgan fingerprint density at radius 1 is 1.06 bits per heavy atom. The van der Waals surface area contributed by atoms with Crippen molar-refractivity contribution in [1.82, 2.24) is 5.06 Å². The highest BCUT2D eigenvalue weighted by atomic mass is 16.9. The lowest BCUT2D eigenvalue weighted by molar-refractivity contribution is -0.239. The number of hydroxylamine groups is 2. The van der Waals surface area contributed by atoms with Gasteiger partial charge in [-0.15, -0.1) is 0 Å². The maximum atomic E-state index is 5.75. The van der Waals surface area contributed by atoms with Gasteiger partial charge in [-0.3, -0.25) is 0 Å². The van der Waals surface area contributed by atoms with Crippen molar-refractivity contribution in [1.29, 1.82) is 0 Å². The van der Waals surface area contributed by atoms with Gasteiger partial charge in [0.15, 0.2) is 0 Å². The van der Waals surface area contributed by atoms with Crippen LogP contribution in [0.25, 0.3) is 0 Å². The average molecular weight is 228 g/mol. The largest absolute Gasteiger partial charge is 0.429 e. The zero-order valence-corrected chi connectivity index (χ0v) is 11.7. The minimum absolute atomic E-state index is 0.169. The van der Waals surface area contributed by atoms with Crippen molar-refractivity contribution in [2.45, 2.75) is 72.3 Å². The second-order valence-electron chi connectivity index (χ2n) is 6.62. The molecule has 0 aromatic carbocycles. The van der Waals surface area contributed by atoms with Gasteiger partial charge in [0.1, 0.15) is 0 Å². The molecule has 0 bridgehead atoms. The fourth-order valence-corrected chi connectivity index (χ4v) is 1.32. The molecule has 0 N–H and O–H groups in total. The summed E-state index contributed by atoms with van der Waals surface area (Å²) in [6, 6.07) is 0.560. The number of hydrogen-bond acceptors (Lipinski definition) is 3. The van der Waals surface area contributed by atoms with E-state index in [0.29, 0.717) is 6.02 Å². The van der Waals surface area contributed by atoms with Crippen LogP contribution in [0, 0.1) is 0 Å². The number of amidine groups is 1. The second kappa shape index (κ2) is 3.62. The van der Waals surface area contributed by atoms with Crippen LogP contribution < -0.4 is 0 Å². The number of rotatable bonds is 0. The first kappa shape index (κ1) is 13.3. The van der Waals surface area contributed by atoms with Crippen molar-refractivity contribution in [3.63, 3.8) is 0 Å². The van der Waals surface area contributed by atoms with E-state index in [1.807, 2.05) is 34.6 Å². The van der Waals surface area contributed by atoms with Crippen molar-refractivity contribution in [3.05, 3.63) is 0 Å². The molecule has 1 rings (SSSR count). The molecule has 0 atom stereocenters. The van der Waals surface area contributed by atoms with Gasteiger partial charge in [0.25, 0.3) is 0 Å². The van der Waals surface area contributed by atoms with E-state index in [4.69, 9.17) is 9.57 Å². The molecule has 1 heterocycles. The molecule has 4 heteroatoms. The monoisotopic (exact) mass is 228 g/mol. The number of ether oxygens (including phenoxy) is 1. The van der Waals surface area contributed by atoms with Crippen molar-refractivity contribution in [2.75, 3.05) is 0 Å². The van der Waals surface area contributed by atoms with Gasteiger partial charge in [0, 0.05) is 13.8 Å². The molecule has 16 heavy (non-hydrogen) atoms. The van der Waals surface area contributed by atoms with Crippen LogP contribution in [-0.2, 0) is 9.57 Å². The van der Waals surface area contributed by atoms with Crippen LogP contribution >= 0.6 is 0 Å². The van der Waals surface area contributed by atoms with Crippen LogP contribution in [0.5, 0.6) is 0 Å². The molecule has 94 valence electrons. The summed E-state index contributed by atoms with van der Waals surface area (Å²) in [7, 11) is 0. The lowest BCUT2D eigenvalue weighted by Gasteiger charge is -2.30. The summed E-state index contributed by atoms with van der Waals surface area (Å²) in [4.78, 5) is 10.3. The van der Waals surface area contributed by atoms with E-state index in [9.17, 15) is 0 Å². The van der Waals surface area contributed by atoms with Crippen LogP contribution in [0.3, 0.4) is 0 Å². The number of aliphatic imine (C=N–C) groups is 1. The molecule has 0 radical (unpaired) electrons. The molecule has 0 spiro atoms. The quantitative estimate of drug-likeness (QED) is 0.639. The zero-order chi connectivity index (χ0) is 12.8. The smallest absolute Gasteiger partial charge is 0.315 e. The summed E-state index contributed by atoms with van der Waals surface area (Å²) >= 11 is 0. The van der Waals surface area contributed by atoms with E-state index in [0.717, 1.165) is 0 Å². The maximum absolute atomic E-state index is 5.75. The van der Waals surface area contributed by atoms with E-state index >= 15 is 0 Å². The van der Waals surface area contributed by atoms with Crippen LogP contribution in [0.15, 0.2) is 4.99 Å². The summed E-state index contributed by atoms with van der Waals surface area (Å²) in [6.07, 6.45) is 0. The molecular weight excluding hydrogens is 204 g/mol. The molecular formula is C12H24N2O2. The molecule has 0 aliphatic carbocycles. The summed E-state index contributed by atoms with van der Waals surface area (Å²) in [5.41, 5.74) is -0.347. The lowest BCUT2D eigenvalue weighted by atomic mass is 10.1. The molecule has 4 nitrogen and oxygen atoms in total. The Bertz CT molecular complexity index is 295. The predicted octanol–water partition coefficient (Wildman–Crippen LogP) is 2.94. The standard InChI is InChI=1S/C12H24N2O2/c1-10(2,3)13-9-14(11(4,5)6)16-12(7,8)15-9/h1-8H3. The fourth-order valence-electron chi connectivity index (χ4n) is 1.32. The van der Waals surface area contributed by atoms with Gasteiger partial charge in [0.2, 0.25) is 5.79 Å². The predicted molar refractivity (Wildman–Crippen MR) is 65.0 cm³/mol. The van der Waals surface area contributed by atoms with Crippen molar-refractivity contribution in [2.24, 2.45) is 4.99 Å². The lowest BCUT2D eigenvalue weighted by Crippen LogP contribution is -2.43. The Labute approximate surface area is 98.6 Å². The van der Waals surface area contributed by atoms with Crippen LogP contribution in [-0.4, -0.2) is 27.9 Å². The first-order chi connectivity index (χ1) is 6.91. The van der Waals surface area contributed by atoms with Crippen LogP contribution in [0.1, 0.15) is 55.4 Å². The molecule has 0 aromatic heterocycles. The van der Waals surface area contributed by atoms with E-state index < -0.39 is 5.79 Å². The minimum atomic E-state index is -0.642. The van der Waals surface area contributed by atoms with E-state index in [-0.39, 0.29) is 11.1 Å². The molecule has 0 unspecified atom stereocenters. The Balaban J connectivity index is 3.03. The molecule has 1 aliphatic rings. The summed E-state index contributed by atoms with van der Waals surface area (Å²) in [6.45, 7) is 16.1. The van der Waals surface area contributed by atoms with Gasteiger partial charge in [-0.25, -0.2) is 9.83 Å². The highest BCUT2D eigenvalue weighted by Crippen LogP contribution is 2.31. The number of nitrogens with zero attached hydrogens (tertiary/aromatic N) is 2. The normalized spacial score (nSPS) is 23.8. The highest BCUT2D eigenvalue weighted by Gasteiger charge is 2.43. The van der Waals surface area contributed by atoms with Gasteiger partial charge < -0.3 is 4.74 Å². The second-order valence-corrected chi connectivity index (χ2v) is 6.62. The molecule has 0 aromatic rings. The topological polar surface area (TPSA) is 34.1 Å². The maximum Gasteiger partial charge on any atom is 0.315 e. The third kappa shape index (κ3) is 3.37. The Morgan fingerprint density at radius 3 is 1.94 bits per heavy atom. The van der Waals surface area contributed by atoms with Crippen molar-refractivity contribution in [3.8, 4) is 0 Å². The van der Waals surface area contributed by atoms with E-state index in [1.165, 1.54) is 0 Å². The zero-order valence-electron chi connectivity index (χ0n) is 11.7. The van der Waals surface area contributed by atoms with Crippen LogP contribution in [0.4, 0.5) is 0 Å². The first-order valence-electron chi connectivity index (χ1n) is 5.69. The van der Waals surface area contributed by atoms with Crippen molar-refractivity contribution < 1.29 is 9.57 Å². The van der Waals surface area contributed by atoms with Crippen LogP contribution in [0.2, 0.25) is 0 Å². The Kier molecular flexibility index (Phi) is 3.01. The molecule has 1 fully saturated rings. The van der Waals surface area contributed by atoms with Gasteiger partial charge in [0.05, 0.1) is 11.1 Å². The Morgan fingerprint density at radius 2 is 1.56 bits per heavy atom. The molecule has 1 aliphatic heterocycles. The van der Waals surface area contributed by atoms with Gasteiger partial charge in [-0.2, -0.15) is 5.06 Å². The Hall–Kier alpha value is -0.770. The third-order valence-corrected chi connectivity index (χ3v) is 1.86. The summed E-state index contributed by atoms with van der Waals surface area (Å²) in [5.74, 6) is -0.642. The molecule has 0 saturated carbocycles. The number of hydrogen-bond donors (Lipinski definition) is 0. The summed E-state index contributed by atoms with van der Waals surface area (Å²) in [5, 5.41) is 1.75. The van der Waals surface area contributed by atoms with Gasteiger partial charge in [-0.1, -0.05) is 0 Å². The van der Waals surface area contributed by atoms with Crippen molar-refractivity contribution >= 4 is 6.02 Å². The molecule has 0 amide bonds. The minimum Gasteiger partial charge on any atom is -0.429 e. The fraction of sp³-hybridized carbons (Fsp3) is 0.917.